The van der Waals surface area contributed by atoms with Crippen LogP contribution in [0.1, 0.15) is 25.0 Å². The molecule has 2 aromatic rings. The molecule has 0 aromatic heterocycles. The van der Waals surface area contributed by atoms with Crippen LogP contribution in [0.4, 0.5) is 17.6 Å². The van der Waals surface area contributed by atoms with Crippen molar-refractivity contribution in [2.45, 2.75) is 50.2 Å². The highest BCUT2D eigenvalue weighted by atomic mass is 35.5. The molecule has 4 rings (SSSR count). The van der Waals surface area contributed by atoms with E-state index in [-0.39, 0.29) is 34.0 Å². The Hall–Kier alpha value is -3.54. The van der Waals surface area contributed by atoms with Crippen molar-refractivity contribution in [2.24, 2.45) is 11.8 Å². The fraction of sp³-hybridized carbons (Fsp3) is 0.333. The Morgan fingerprint density at radius 1 is 0.791 bits per heavy atom. The highest BCUT2D eigenvalue weighted by Crippen LogP contribution is 2.43. The Morgan fingerprint density at radius 3 is 1.49 bits per heavy atom. The highest BCUT2D eigenvalue weighted by Gasteiger charge is 2.52. The average Bonchev–Trinajstić information content (AvgIpc) is 2.93. The van der Waals surface area contributed by atoms with E-state index in [2.05, 4.69) is 0 Å². The van der Waals surface area contributed by atoms with Crippen LogP contribution >= 0.6 is 23.2 Å². The molecule has 0 spiro atoms. The molecular weight excluding hydrogens is 615 g/mol. The van der Waals surface area contributed by atoms with E-state index in [1.165, 1.54) is 38.1 Å². The van der Waals surface area contributed by atoms with Crippen LogP contribution in [-0.4, -0.2) is 33.4 Å². The second-order valence-corrected chi connectivity index (χ2v) is 11.6. The summed E-state index contributed by atoms with van der Waals surface area (Å²) in [5.74, 6) is -3.69. The molecule has 2 aliphatic rings. The predicted molar refractivity (Wildman–Crippen MR) is 153 cm³/mol. The summed E-state index contributed by atoms with van der Waals surface area (Å²) in [6.45, 7) is 2.79. The first-order chi connectivity index (χ1) is 20.1. The Bertz CT molecular complexity index is 1450. The fourth-order valence-electron chi connectivity index (χ4n) is 5.26. The van der Waals surface area contributed by atoms with Crippen LogP contribution in [0, 0.1) is 43.7 Å². The first-order valence-electron chi connectivity index (χ1n) is 13.2. The van der Waals surface area contributed by atoms with Gasteiger partial charge in [0.25, 0.3) is 11.4 Å². The van der Waals surface area contributed by atoms with Gasteiger partial charge in [-0.3, -0.25) is 20.2 Å². The maximum atomic E-state index is 17.0. The normalized spacial score (nSPS) is 26.4. The standard InChI is InChI=1S/C30H26Cl2F4N2O5/c1-17(11-19-3-5-21(31)13-25(19)33)29(35)15-23(37(39)40)7-9-27(29)43-28-10-8-24(38(41)42)16-30(28,36)18(2)12-20-4-6-22(32)14-26(20)34/h3-10,13-18,27-28H,11-12H2,1-2H3. The monoisotopic (exact) mass is 640 g/mol. The number of nitrogens with zero attached hydrogens (tertiary/aromatic N) is 2. The Morgan fingerprint density at radius 2 is 1.16 bits per heavy atom. The van der Waals surface area contributed by atoms with E-state index in [1.54, 1.807) is 0 Å². The van der Waals surface area contributed by atoms with Gasteiger partial charge in [-0.15, -0.1) is 0 Å². The third-order valence-corrected chi connectivity index (χ3v) is 8.27. The van der Waals surface area contributed by atoms with Gasteiger partial charge in [-0.1, -0.05) is 49.2 Å². The lowest BCUT2D eigenvalue weighted by atomic mass is 9.76. The Balaban J connectivity index is 1.69. The second kappa shape index (κ2) is 12.6. The average molecular weight is 641 g/mol. The van der Waals surface area contributed by atoms with Gasteiger partial charge in [0.1, 0.15) is 23.8 Å². The summed E-state index contributed by atoms with van der Waals surface area (Å²) in [5, 5.41) is 23.3. The third-order valence-electron chi connectivity index (χ3n) is 7.80. The van der Waals surface area contributed by atoms with Gasteiger partial charge in [0, 0.05) is 46.2 Å². The van der Waals surface area contributed by atoms with E-state index >= 15 is 8.78 Å². The van der Waals surface area contributed by atoms with Crippen LogP contribution in [-0.2, 0) is 17.6 Å². The number of allylic oxidation sites excluding steroid dienone is 2. The maximum Gasteiger partial charge on any atom is 0.268 e. The summed E-state index contributed by atoms with van der Waals surface area (Å²) in [6.07, 6.45) is 1.93. The number of rotatable bonds is 10. The van der Waals surface area contributed by atoms with Gasteiger partial charge < -0.3 is 4.74 Å². The number of benzene rings is 2. The van der Waals surface area contributed by atoms with Crippen LogP contribution in [0.5, 0.6) is 0 Å². The molecule has 0 heterocycles. The minimum Gasteiger partial charge on any atom is -0.359 e. The minimum atomic E-state index is -2.64. The van der Waals surface area contributed by atoms with Crippen molar-refractivity contribution in [1.29, 1.82) is 0 Å². The first kappa shape index (κ1) is 32.4. The zero-order valence-electron chi connectivity index (χ0n) is 22.9. The maximum absolute atomic E-state index is 17.0. The fourth-order valence-corrected chi connectivity index (χ4v) is 5.58. The van der Waals surface area contributed by atoms with E-state index in [1.807, 2.05) is 0 Å². The molecule has 0 saturated carbocycles. The molecule has 0 N–H and O–H groups in total. The summed E-state index contributed by atoms with van der Waals surface area (Å²) < 4.78 is 69.0. The van der Waals surface area contributed by atoms with E-state index < -0.39 is 68.3 Å². The van der Waals surface area contributed by atoms with E-state index in [0.29, 0.717) is 0 Å². The van der Waals surface area contributed by atoms with Gasteiger partial charge in [0.05, 0.1) is 9.85 Å². The number of nitro groups is 2. The van der Waals surface area contributed by atoms with Gasteiger partial charge in [-0.05, 0) is 60.4 Å². The molecule has 0 amide bonds. The third kappa shape index (κ3) is 6.84. The topological polar surface area (TPSA) is 95.5 Å². The lowest BCUT2D eigenvalue weighted by Gasteiger charge is -2.42. The Labute approximate surface area is 254 Å². The van der Waals surface area contributed by atoms with Crippen molar-refractivity contribution in [3.63, 3.8) is 0 Å². The SMILES string of the molecule is CC(Cc1ccc(Cl)cc1F)C1(F)C=C([N+](=O)[O-])C=CC1OC1C=CC([N+](=O)[O-])=CC1(F)C(C)Cc1ccc(Cl)cc1F. The summed E-state index contributed by atoms with van der Waals surface area (Å²) in [6, 6.07) is 7.66. The summed E-state index contributed by atoms with van der Waals surface area (Å²) in [5.41, 5.74) is -6.27. The number of alkyl halides is 2. The number of hydrogen-bond donors (Lipinski definition) is 0. The molecular formula is C30H26Cl2F4N2O5. The number of hydrogen-bond acceptors (Lipinski definition) is 5. The smallest absolute Gasteiger partial charge is 0.268 e. The molecule has 228 valence electrons. The molecule has 43 heavy (non-hydrogen) atoms. The van der Waals surface area contributed by atoms with Crippen molar-refractivity contribution in [3.05, 3.63) is 137 Å². The molecule has 0 fully saturated rings. The molecule has 7 nitrogen and oxygen atoms in total. The van der Waals surface area contributed by atoms with Gasteiger partial charge in [-0.2, -0.15) is 0 Å². The molecule has 6 unspecified atom stereocenters. The van der Waals surface area contributed by atoms with E-state index in [9.17, 15) is 29.0 Å². The quantitative estimate of drug-likeness (QED) is 0.149. The molecule has 0 radical (unpaired) electrons. The molecule has 13 heteroatoms. The molecule has 0 aliphatic heterocycles. The second-order valence-electron chi connectivity index (χ2n) is 10.7. The van der Waals surface area contributed by atoms with Crippen LogP contribution < -0.4 is 0 Å². The highest BCUT2D eigenvalue weighted by molar-refractivity contribution is 6.30. The molecule has 0 saturated heterocycles. The summed E-state index contributed by atoms with van der Waals surface area (Å²) >= 11 is 11.6. The van der Waals surface area contributed by atoms with Gasteiger partial charge in [0.2, 0.25) is 0 Å². The molecule has 2 aliphatic carbocycles. The van der Waals surface area contributed by atoms with Crippen molar-refractivity contribution < 1.29 is 32.1 Å². The van der Waals surface area contributed by atoms with Crippen LogP contribution in [0.3, 0.4) is 0 Å². The lowest BCUT2D eigenvalue weighted by molar-refractivity contribution is -0.420. The summed E-state index contributed by atoms with van der Waals surface area (Å²) in [4.78, 5) is 21.5. The van der Waals surface area contributed by atoms with Crippen LogP contribution in [0.15, 0.2) is 84.2 Å². The van der Waals surface area contributed by atoms with Gasteiger partial charge in [0.15, 0.2) is 11.3 Å². The zero-order valence-corrected chi connectivity index (χ0v) is 24.4. The van der Waals surface area contributed by atoms with Gasteiger partial charge in [-0.25, -0.2) is 17.6 Å². The minimum absolute atomic E-state index is 0.0906. The van der Waals surface area contributed by atoms with Gasteiger partial charge >= 0.3 is 0 Å². The number of halogens is 6. The van der Waals surface area contributed by atoms with Crippen molar-refractivity contribution in [1.82, 2.24) is 0 Å². The van der Waals surface area contributed by atoms with Crippen LogP contribution in [0.25, 0.3) is 0 Å². The number of ether oxygens (including phenoxy) is 1. The largest absolute Gasteiger partial charge is 0.359 e. The first-order valence-corrected chi connectivity index (χ1v) is 13.9. The molecule has 6 atom stereocenters. The predicted octanol–water partition coefficient (Wildman–Crippen LogP) is 7.96. The van der Waals surface area contributed by atoms with E-state index in [0.717, 1.165) is 48.6 Å². The zero-order chi connectivity index (χ0) is 31.7. The van der Waals surface area contributed by atoms with Crippen molar-refractivity contribution in [2.75, 3.05) is 0 Å². The summed E-state index contributed by atoms with van der Waals surface area (Å²) in [7, 11) is 0. The van der Waals surface area contributed by atoms with Crippen molar-refractivity contribution in [3.8, 4) is 0 Å². The van der Waals surface area contributed by atoms with Crippen LogP contribution in [0.2, 0.25) is 10.0 Å². The van der Waals surface area contributed by atoms with Crippen molar-refractivity contribution >= 4 is 23.2 Å². The lowest BCUT2D eigenvalue weighted by Crippen LogP contribution is -2.52. The Kier molecular flexibility index (Phi) is 9.48. The molecule has 0 bridgehead atoms. The van der Waals surface area contributed by atoms with E-state index in [4.69, 9.17) is 27.9 Å². The molecule has 2 aromatic carbocycles.